The van der Waals surface area contributed by atoms with Crippen LogP contribution in [-0.2, 0) is 4.79 Å². The van der Waals surface area contributed by atoms with Crippen molar-refractivity contribution in [1.29, 1.82) is 5.26 Å². The van der Waals surface area contributed by atoms with Gasteiger partial charge in [0.15, 0.2) is 0 Å². The van der Waals surface area contributed by atoms with Gasteiger partial charge >= 0.3 is 0 Å². The largest absolute Gasteiger partial charge is 0.324 e. The Morgan fingerprint density at radius 3 is 2.93 bits per heavy atom. The van der Waals surface area contributed by atoms with Crippen LogP contribution in [0.5, 0.6) is 0 Å². The van der Waals surface area contributed by atoms with Crippen LogP contribution in [0.1, 0.15) is 5.56 Å². The van der Waals surface area contributed by atoms with E-state index in [0.717, 1.165) is 0 Å². The van der Waals surface area contributed by atoms with Crippen molar-refractivity contribution in [2.24, 2.45) is 0 Å². The Labute approximate surface area is 92.1 Å². The Morgan fingerprint density at radius 2 is 2.36 bits per heavy atom. The minimum Gasteiger partial charge on any atom is -0.324 e. The highest BCUT2D eigenvalue weighted by Gasteiger charge is 2.04. The maximum Gasteiger partial charge on any atom is 0.234 e. The number of nitrogens with one attached hydrogen (secondary N) is 1. The fraction of sp³-hybridized carbons (Fsp3) is 0.111. The van der Waals surface area contributed by atoms with E-state index < -0.39 is 0 Å². The van der Waals surface area contributed by atoms with E-state index in [4.69, 9.17) is 16.9 Å². The molecule has 1 rings (SSSR count). The van der Waals surface area contributed by atoms with E-state index in [1.165, 1.54) is 6.07 Å². The third-order valence-corrected chi connectivity index (χ3v) is 2.13. The monoisotopic (exact) mass is 226 g/mol. The lowest BCUT2D eigenvalue weighted by molar-refractivity contribution is -0.113. The van der Waals surface area contributed by atoms with Crippen LogP contribution in [0.25, 0.3) is 0 Å². The summed E-state index contributed by atoms with van der Waals surface area (Å²) < 4.78 is 0. The van der Waals surface area contributed by atoms with Gasteiger partial charge in [-0.25, -0.2) is 0 Å². The molecule has 0 heterocycles. The van der Waals surface area contributed by atoms with E-state index >= 15 is 0 Å². The number of halogens is 1. The van der Waals surface area contributed by atoms with Gasteiger partial charge in [0.2, 0.25) is 5.91 Å². The second-order valence-corrected chi connectivity index (χ2v) is 3.24. The molecule has 3 nitrogen and oxygen atoms in total. The fourth-order valence-corrected chi connectivity index (χ4v) is 1.12. The van der Waals surface area contributed by atoms with E-state index in [0.29, 0.717) is 16.3 Å². The van der Waals surface area contributed by atoms with Gasteiger partial charge in [0, 0.05) is 0 Å². The lowest BCUT2D eigenvalue weighted by Gasteiger charge is -2.05. The Morgan fingerprint density at radius 1 is 1.64 bits per heavy atom. The van der Waals surface area contributed by atoms with Gasteiger partial charge in [-0.15, -0.1) is 0 Å². The van der Waals surface area contributed by atoms with Crippen LogP contribution >= 0.6 is 24.2 Å². The summed E-state index contributed by atoms with van der Waals surface area (Å²) in [6, 6.07) is 6.62. The summed E-state index contributed by atoms with van der Waals surface area (Å²) in [7, 11) is 0. The van der Waals surface area contributed by atoms with Gasteiger partial charge in [-0.3, -0.25) is 4.79 Å². The van der Waals surface area contributed by atoms with Crippen LogP contribution in [0.15, 0.2) is 18.2 Å². The first-order valence-corrected chi connectivity index (χ1v) is 4.78. The number of nitriles is 1. The normalized spacial score (nSPS) is 9.21. The molecule has 0 aromatic heterocycles. The van der Waals surface area contributed by atoms with Gasteiger partial charge in [-0.1, -0.05) is 11.6 Å². The number of thiol groups is 1. The Balaban J connectivity index is 2.96. The standard InChI is InChI=1S/C9H7ClN2OS/c10-7-2-1-6(4-11)3-8(7)12-9(13)5-14/h1-3,14H,5H2,(H,12,13). The van der Waals surface area contributed by atoms with Crippen molar-refractivity contribution in [3.63, 3.8) is 0 Å². The molecule has 0 unspecified atom stereocenters. The average Bonchev–Trinajstić information content (AvgIpc) is 2.21. The SMILES string of the molecule is N#Cc1ccc(Cl)c(NC(=O)CS)c1. The maximum atomic E-state index is 11.0. The molecule has 0 aliphatic heterocycles. The molecule has 0 saturated heterocycles. The van der Waals surface area contributed by atoms with Crippen LogP contribution in [-0.4, -0.2) is 11.7 Å². The summed E-state index contributed by atoms with van der Waals surface area (Å²) in [6.45, 7) is 0. The quantitative estimate of drug-likeness (QED) is 0.759. The van der Waals surface area contributed by atoms with Gasteiger partial charge in [-0.2, -0.15) is 17.9 Å². The number of rotatable bonds is 2. The Bertz CT molecular complexity index is 400. The molecule has 0 saturated carbocycles. The molecule has 14 heavy (non-hydrogen) atoms. The first kappa shape index (κ1) is 10.9. The van der Waals surface area contributed by atoms with Crippen LogP contribution in [0.4, 0.5) is 5.69 Å². The molecule has 0 radical (unpaired) electrons. The summed E-state index contributed by atoms with van der Waals surface area (Å²) in [6.07, 6.45) is 0. The third kappa shape index (κ3) is 2.66. The molecule has 1 N–H and O–H groups in total. The first-order valence-electron chi connectivity index (χ1n) is 3.77. The van der Waals surface area contributed by atoms with Gasteiger partial charge in [0.05, 0.1) is 28.1 Å². The summed E-state index contributed by atoms with van der Waals surface area (Å²) in [5.41, 5.74) is 0.883. The van der Waals surface area contributed by atoms with Crippen molar-refractivity contribution in [1.82, 2.24) is 0 Å². The number of amides is 1. The van der Waals surface area contributed by atoms with Gasteiger partial charge in [0.1, 0.15) is 0 Å². The maximum absolute atomic E-state index is 11.0. The second-order valence-electron chi connectivity index (χ2n) is 2.51. The lowest BCUT2D eigenvalue weighted by Crippen LogP contribution is -2.12. The number of nitrogens with zero attached hydrogens (tertiary/aromatic N) is 1. The highest BCUT2D eigenvalue weighted by molar-refractivity contribution is 7.81. The summed E-state index contributed by atoms with van der Waals surface area (Å²) in [5, 5.41) is 11.6. The summed E-state index contributed by atoms with van der Waals surface area (Å²) in [5.74, 6) is -0.182. The summed E-state index contributed by atoms with van der Waals surface area (Å²) in [4.78, 5) is 11.0. The molecular formula is C9H7ClN2OS. The van der Waals surface area contributed by atoms with Gasteiger partial charge < -0.3 is 5.32 Å². The number of hydrogen-bond donors (Lipinski definition) is 2. The highest BCUT2D eigenvalue weighted by atomic mass is 35.5. The molecule has 1 aromatic carbocycles. The molecule has 0 aliphatic carbocycles. The average molecular weight is 227 g/mol. The van der Waals surface area contributed by atoms with E-state index in [1.807, 2.05) is 6.07 Å². The van der Waals surface area contributed by atoms with Gasteiger partial charge in [0.25, 0.3) is 0 Å². The second kappa shape index (κ2) is 4.89. The van der Waals surface area contributed by atoms with Crippen molar-refractivity contribution in [2.75, 3.05) is 11.1 Å². The highest BCUT2D eigenvalue weighted by Crippen LogP contribution is 2.22. The molecule has 0 bridgehead atoms. The molecule has 0 fully saturated rings. The topological polar surface area (TPSA) is 52.9 Å². The van der Waals surface area contributed by atoms with Crippen LogP contribution in [0.2, 0.25) is 5.02 Å². The molecule has 72 valence electrons. The van der Waals surface area contributed by atoms with Crippen molar-refractivity contribution in [3.05, 3.63) is 28.8 Å². The molecule has 5 heteroatoms. The summed E-state index contributed by atoms with van der Waals surface area (Å²) >= 11 is 9.61. The smallest absolute Gasteiger partial charge is 0.234 e. The number of carbonyl (C=O) groups is 1. The molecule has 1 aromatic rings. The minimum atomic E-state index is -0.259. The van der Waals surface area contributed by atoms with E-state index in [-0.39, 0.29) is 11.7 Å². The minimum absolute atomic E-state index is 0.0765. The molecule has 0 spiro atoms. The number of carbonyl (C=O) groups excluding carboxylic acids is 1. The first-order chi connectivity index (χ1) is 6.67. The Kier molecular flexibility index (Phi) is 3.81. The molecule has 1 amide bonds. The molecular weight excluding hydrogens is 220 g/mol. The predicted octanol–water partition coefficient (Wildman–Crippen LogP) is 2.08. The number of hydrogen-bond acceptors (Lipinski definition) is 3. The zero-order chi connectivity index (χ0) is 10.6. The zero-order valence-electron chi connectivity index (χ0n) is 7.12. The van der Waals surface area contributed by atoms with Crippen molar-refractivity contribution >= 4 is 35.8 Å². The molecule has 0 atom stereocenters. The third-order valence-electron chi connectivity index (χ3n) is 1.51. The van der Waals surface area contributed by atoms with Crippen molar-refractivity contribution in [2.45, 2.75) is 0 Å². The van der Waals surface area contributed by atoms with Crippen molar-refractivity contribution in [3.8, 4) is 6.07 Å². The predicted molar refractivity (Wildman–Crippen MR) is 58.6 cm³/mol. The van der Waals surface area contributed by atoms with E-state index in [2.05, 4.69) is 17.9 Å². The zero-order valence-corrected chi connectivity index (χ0v) is 8.77. The van der Waals surface area contributed by atoms with Gasteiger partial charge in [-0.05, 0) is 18.2 Å². The van der Waals surface area contributed by atoms with Crippen molar-refractivity contribution < 1.29 is 4.79 Å². The van der Waals surface area contributed by atoms with E-state index in [9.17, 15) is 4.79 Å². The number of anilines is 1. The molecule has 0 aliphatic rings. The Hall–Kier alpha value is -1.18. The van der Waals surface area contributed by atoms with Crippen LogP contribution in [0, 0.1) is 11.3 Å². The lowest BCUT2D eigenvalue weighted by atomic mass is 10.2. The fourth-order valence-electron chi connectivity index (χ4n) is 0.880. The van der Waals surface area contributed by atoms with Crippen LogP contribution < -0.4 is 5.32 Å². The van der Waals surface area contributed by atoms with Crippen LogP contribution in [0.3, 0.4) is 0 Å². The van der Waals surface area contributed by atoms with E-state index in [1.54, 1.807) is 12.1 Å². The number of benzene rings is 1.